The second kappa shape index (κ2) is 5.80. The van der Waals surface area contributed by atoms with Crippen LogP contribution in [0.1, 0.15) is 22.8 Å². The summed E-state index contributed by atoms with van der Waals surface area (Å²) in [5, 5.41) is 10.2. The van der Waals surface area contributed by atoms with Gasteiger partial charge in [-0.3, -0.25) is 0 Å². The second-order valence-electron chi connectivity index (χ2n) is 4.46. The van der Waals surface area contributed by atoms with E-state index < -0.39 is 17.7 Å². The van der Waals surface area contributed by atoms with Crippen LogP contribution >= 0.6 is 15.9 Å². The summed E-state index contributed by atoms with van der Waals surface area (Å²) in [4.78, 5) is 0. The molecule has 0 amide bonds. The molecule has 2 aromatic carbocycles. The molecule has 0 heterocycles. The number of aliphatic hydroxyl groups is 1. The van der Waals surface area contributed by atoms with E-state index in [0.717, 1.165) is 21.7 Å². The van der Waals surface area contributed by atoms with Gasteiger partial charge in [0.2, 0.25) is 0 Å². The molecule has 1 atom stereocenters. The van der Waals surface area contributed by atoms with Crippen molar-refractivity contribution < 1.29 is 13.9 Å². The fraction of sp³-hybridized carbons (Fsp3) is 0.200. The first kappa shape index (κ1) is 14.2. The van der Waals surface area contributed by atoms with Gasteiger partial charge >= 0.3 is 0 Å². The fourth-order valence-electron chi connectivity index (χ4n) is 1.98. The highest BCUT2D eigenvalue weighted by atomic mass is 79.9. The largest absolute Gasteiger partial charge is 0.388 e. The van der Waals surface area contributed by atoms with E-state index in [0.29, 0.717) is 5.56 Å². The molecule has 2 rings (SSSR count). The molecular weight excluding hydrogens is 314 g/mol. The van der Waals surface area contributed by atoms with Gasteiger partial charge in [0.25, 0.3) is 0 Å². The maximum absolute atomic E-state index is 13.5. The van der Waals surface area contributed by atoms with Crippen LogP contribution in [0.4, 0.5) is 8.78 Å². The lowest BCUT2D eigenvalue weighted by atomic mass is 9.97. The minimum Gasteiger partial charge on any atom is -0.388 e. The molecule has 100 valence electrons. The van der Waals surface area contributed by atoms with Crippen molar-refractivity contribution in [2.24, 2.45) is 0 Å². The van der Waals surface area contributed by atoms with Gasteiger partial charge in [0.1, 0.15) is 11.6 Å². The maximum Gasteiger partial charge on any atom is 0.129 e. The van der Waals surface area contributed by atoms with Crippen molar-refractivity contribution in [2.75, 3.05) is 0 Å². The van der Waals surface area contributed by atoms with Gasteiger partial charge in [-0.15, -0.1) is 0 Å². The lowest BCUT2D eigenvalue weighted by molar-refractivity contribution is 0.176. The summed E-state index contributed by atoms with van der Waals surface area (Å²) >= 11 is 3.34. The van der Waals surface area contributed by atoms with Crippen molar-refractivity contribution in [3.8, 4) is 0 Å². The van der Waals surface area contributed by atoms with Gasteiger partial charge in [-0.2, -0.15) is 0 Å². The lowest BCUT2D eigenvalue weighted by Crippen LogP contribution is -2.05. The SMILES string of the molecule is Cc1ccc(Br)cc1C(O)Cc1ccc(F)cc1F. The van der Waals surface area contributed by atoms with Crippen molar-refractivity contribution in [1.29, 1.82) is 0 Å². The molecule has 0 saturated heterocycles. The predicted molar refractivity (Wildman–Crippen MR) is 73.9 cm³/mol. The summed E-state index contributed by atoms with van der Waals surface area (Å²) < 4.78 is 27.2. The van der Waals surface area contributed by atoms with Crippen LogP contribution in [0.2, 0.25) is 0 Å². The molecule has 0 aromatic heterocycles. The summed E-state index contributed by atoms with van der Waals surface area (Å²) in [7, 11) is 0. The van der Waals surface area contributed by atoms with Crippen LogP contribution in [0, 0.1) is 18.6 Å². The molecule has 1 N–H and O–H groups in total. The number of benzene rings is 2. The highest BCUT2D eigenvalue weighted by Crippen LogP contribution is 2.26. The van der Waals surface area contributed by atoms with E-state index in [4.69, 9.17) is 0 Å². The second-order valence-corrected chi connectivity index (χ2v) is 5.37. The third kappa shape index (κ3) is 3.39. The standard InChI is InChI=1S/C15H13BrF2O/c1-9-2-4-11(16)7-13(9)15(19)6-10-3-5-12(17)8-14(10)18/h2-5,7-8,15,19H,6H2,1H3. The van der Waals surface area contributed by atoms with Crippen molar-refractivity contribution in [1.82, 2.24) is 0 Å². The van der Waals surface area contributed by atoms with Gasteiger partial charge in [-0.1, -0.05) is 28.1 Å². The van der Waals surface area contributed by atoms with E-state index in [1.165, 1.54) is 12.1 Å². The summed E-state index contributed by atoms with van der Waals surface area (Å²) in [6.45, 7) is 1.88. The Morgan fingerprint density at radius 1 is 1.16 bits per heavy atom. The van der Waals surface area contributed by atoms with Crippen LogP contribution in [0.15, 0.2) is 40.9 Å². The molecule has 0 aliphatic heterocycles. The zero-order chi connectivity index (χ0) is 14.0. The summed E-state index contributed by atoms with van der Waals surface area (Å²) in [5.74, 6) is -1.25. The van der Waals surface area contributed by atoms with Crippen LogP contribution < -0.4 is 0 Å². The molecule has 0 spiro atoms. The number of hydrogen-bond acceptors (Lipinski definition) is 1. The summed E-state index contributed by atoms with van der Waals surface area (Å²) in [5.41, 5.74) is 1.96. The summed E-state index contributed by atoms with van der Waals surface area (Å²) in [6.07, 6.45) is -0.707. The third-order valence-corrected chi connectivity index (χ3v) is 3.52. The van der Waals surface area contributed by atoms with Gasteiger partial charge in [0.05, 0.1) is 6.10 Å². The normalized spacial score (nSPS) is 12.5. The van der Waals surface area contributed by atoms with Gasteiger partial charge < -0.3 is 5.11 Å². The number of hydrogen-bond donors (Lipinski definition) is 1. The highest BCUT2D eigenvalue weighted by Gasteiger charge is 2.14. The molecule has 0 saturated carbocycles. The quantitative estimate of drug-likeness (QED) is 0.891. The first-order valence-electron chi connectivity index (χ1n) is 5.85. The van der Waals surface area contributed by atoms with Crippen LogP contribution in [-0.2, 0) is 6.42 Å². The molecule has 0 fully saturated rings. The monoisotopic (exact) mass is 326 g/mol. The number of aryl methyl sites for hydroxylation is 1. The van der Waals surface area contributed by atoms with E-state index in [1.807, 2.05) is 19.1 Å². The lowest BCUT2D eigenvalue weighted by Gasteiger charge is -2.14. The van der Waals surface area contributed by atoms with E-state index in [-0.39, 0.29) is 6.42 Å². The van der Waals surface area contributed by atoms with Crippen molar-refractivity contribution in [3.05, 3.63) is 69.2 Å². The van der Waals surface area contributed by atoms with Gasteiger partial charge in [-0.25, -0.2) is 8.78 Å². The predicted octanol–water partition coefficient (Wildman–Crippen LogP) is 4.31. The average molecular weight is 327 g/mol. The Bertz CT molecular complexity index is 599. The molecule has 0 radical (unpaired) electrons. The topological polar surface area (TPSA) is 20.2 Å². The molecular formula is C15H13BrF2O. The Hall–Kier alpha value is -1.26. The van der Waals surface area contributed by atoms with Crippen LogP contribution in [0.5, 0.6) is 0 Å². The molecule has 0 bridgehead atoms. The molecule has 0 aliphatic rings. The van der Waals surface area contributed by atoms with Crippen molar-refractivity contribution in [3.63, 3.8) is 0 Å². The zero-order valence-corrected chi connectivity index (χ0v) is 11.9. The average Bonchev–Trinajstić information content (AvgIpc) is 2.35. The number of halogens is 3. The number of rotatable bonds is 3. The van der Waals surface area contributed by atoms with E-state index in [2.05, 4.69) is 15.9 Å². The Balaban J connectivity index is 2.25. The highest BCUT2D eigenvalue weighted by molar-refractivity contribution is 9.10. The first-order valence-corrected chi connectivity index (χ1v) is 6.64. The van der Waals surface area contributed by atoms with Gasteiger partial charge in [0, 0.05) is 17.0 Å². The van der Waals surface area contributed by atoms with Crippen molar-refractivity contribution >= 4 is 15.9 Å². The third-order valence-electron chi connectivity index (χ3n) is 3.03. The van der Waals surface area contributed by atoms with Crippen molar-refractivity contribution in [2.45, 2.75) is 19.4 Å². The maximum atomic E-state index is 13.5. The minimum atomic E-state index is -0.822. The fourth-order valence-corrected chi connectivity index (χ4v) is 2.35. The molecule has 4 heteroatoms. The summed E-state index contributed by atoms with van der Waals surface area (Å²) in [6, 6.07) is 8.95. The molecule has 0 aliphatic carbocycles. The van der Waals surface area contributed by atoms with Crippen LogP contribution in [0.25, 0.3) is 0 Å². The number of aliphatic hydroxyl groups excluding tert-OH is 1. The molecule has 19 heavy (non-hydrogen) atoms. The molecule has 1 nitrogen and oxygen atoms in total. The van der Waals surface area contributed by atoms with Gasteiger partial charge in [0.15, 0.2) is 0 Å². The smallest absolute Gasteiger partial charge is 0.129 e. The van der Waals surface area contributed by atoms with Gasteiger partial charge in [-0.05, 0) is 41.8 Å². The first-order chi connectivity index (χ1) is 8.97. The van der Waals surface area contributed by atoms with E-state index in [9.17, 15) is 13.9 Å². The Morgan fingerprint density at radius 3 is 2.58 bits per heavy atom. The van der Waals surface area contributed by atoms with Crippen LogP contribution in [-0.4, -0.2) is 5.11 Å². The van der Waals surface area contributed by atoms with E-state index in [1.54, 1.807) is 6.07 Å². The molecule has 1 unspecified atom stereocenters. The minimum absolute atomic E-state index is 0.114. The Labute approximate surface area is 119 Å². The Morgan fingerprint density at radius 2 is 1.89 bits per heavy atom. The zero-order valence-electron chi connectivity index (χ0n) is 10.3. The van der Waals surface area contributed by atoms with Crippen LogP contribution in [0.3, 0.4) is 0 Å². The Kier molecular flexibility index (Phi) is 4.32. The van der Waals surface area contributed by atoms with E-state index >= 15 is 0 Å². The molecule has 2 aromatic rings.